The maximum absolute atomic E-state index is 4.57. The fraction of sp³-hybridized carbons (Fsp3) is 0.769. The minimum atomic E-state index is 0.548. The minimum absolute atomic E-state index is 0.548. The molecule has 1 atom stereocenters. The monoisotopic (exact) mass is 223 g/mol. The summed E-state index contributed by atoms with van der Waals surface area (Å²) in [5, 5.41) is 8.04. The molecule has 0 saturated heterocycles. The first-order valence-electron chi connectivity index (χ1n) is 6.36. The third-order valence-corrected chi connectivity index (χ3v) is 3.11. The van der Waals surface area contributed by atoms with Crippen molar-refractivity contribution in [2.45, 2.75) is 53.5 Å². The van der Waals surface area contributed by atoms with Gasteiger partial charge in [-0.25, -0.2) is 0 Å². The van der Waals surface area contributed by atoms with E-state index in [-0.39, 0.29) is 0 Å². The molecular weight excluding hydrogens is 198 g/mol. The second-order valence-electron chi connectivity index (χ2n) is 4.51. The molecule has 0 saturated carbocycles. The van der Waals surface area contributed by atoms with Crippen LogP contribution in [-0.2, 0) is 6.54 Å². The zero-order chi connectivity index (χ0) is 12.1. The Morgan fingerprint density at radius 3 is 2.50 bits per heavy atom. The molecule has 0 spiro atoms. The number of hydrogen-bond donors (Lipinski definition) is 1. The molecule has 0 radical (unpaired) electrons. The summed E-state index contributed by atoms with van der Waals surface area (Å²) in [6, 6.07) is 0. The molecule has 92 valence electrons. The molecule has 0 bridgehead atoms. The van der Waals surface area contributed by atoms with Gasteiger partial charge < -0.3 is 5.32 Å². The quantitative estimate of drug-likeness (QED) is 0.751. The first-order chi connectivity index (χ1) is 7.61. The number of aryl methyl sites for hydroxylation is 2. The van der Waals surface area contributed by atoms with Gasteiger partial charge in [0.1, 0.15) is 0 Å². The fourth-order valence-corrected chi connectivity index (χ4v) is 2.33. The summed E-state index contributed by atoms with van der Waals surface area (Å²) in [5.74, 6) is 0.548. The van der Waals surface area contributed by atoms with Gasteiger partial charge in [0, 0.05) is 18.8 Å². The van der Waals surface area contributed by atoms with Crippen molar-refractivity contribution in [3.05, 3.63) is 17.0 Å². The van der Waals surface area contributed by atoms with Gasteiger partial charge in [-0.2, -0.15) is 5.10 Å². The third-order valence-electron chi connectivity index (χ3n) is 3.11. The summed E-state index contributed by atoms with van der Waals surface area (Å²) < 4.78 is 2.10. The van der Waals surface area contributed by atoms with Crippen LogP contribution in [0.15, 0.2) is 0 Å². The van der Waals surface area contributed by atoms with Crippen LogP contribution in [0.25, 0.3) is 0 Å². The van der Waals surface area contributed by atoms with Crippen molar-refractivity contribution in [2.24, 2.45) is 0 Å². The molecule has 3 nitrogen and oxygen atoms in total. The molecule has 16 heavy (non-hydrogen) atoms. The van der Waals surface area contributed by atoms with E-state index in [0.29, 0.717) is 5.92 Å². The standard InChI is InChI=1S/C13H25N3/c1-6-8-14-9-10(3)13-11(4)15-16(7-2)12(13)5/h10,14H,6-9H2,1-5H3. The van der Waals surface area contributed by atoms with Gasteiger partial charge in [-0.3, -0.25) is 4.68 Å². The summed E-state index contributed by atoms with van der Waals surface area (Å²) >= 11 is 0. The summed E-state index contributed by atoms with van der Waals surface area (Å²) in [5.41, 5.74) is 3.93. The highest BCUT2D eigenvalue weighted by Gasteiger charge is 2.16. The van der Waals surface area contributed by atoms with Gasteiger partial charge >= 0.3 is 0 Å². The van der Waals surface area contributed by atoms with E-state index in [9.17, 15) is 0 Å². The zero-order valence-corrected chi connectivity index (χ0v) is 11.3. The van der Waals surface area contributed by atoms with E-state index in [0.717, 1.165) is 19.6 Å². The Morgan fingerprint density at radius 2 is 2.00 bits per heavy atom. The Kier molecular flexibility index (Phi) is 5.00. The van der Waals surface area contributed by atoms with Gasteiger partial charge in [0.15, 0.2) is 0 Å². The molecule has 0 aliphatic carbocycles. The second kappa shape index (κ2) is 6.04. The third kappa shape index (κ3) is 2.85. The van der Waals surface area contributed by atoms with E-state index >= 15 is 0 Å². The van der Waals surface area contributed by atoms with Gasteiger partial charge in [0.2, 0.25) is 0 Å². The number of nitrogens with one attached hydrogen (secondary N) is 1. The largest absolute Gasteiger partial charge is 0.316 e. The van der Waals surface area contributed by atoms with E-state index in [4.69, 9.17) is 0 Å². The summed E-state index contributed by atoms with van der Waals surface area (Å²) in [6.07, 6.45) is 1.19. The van der Waals surface area contributed by atoms with Crippen LogP contribution in [0.3, 0.4) is 0 Å². The number of hydrogen-bond acceptors (Lipinski definition) is 2. The molecule has 0 amide bonds. The molecule has 1 rings (SSSR count). The first-order valence-corrected chi connectivity index (χ1v) is 6.36. The molecule has 3 heteroatoms. The topological polar surface area (TPSA) is 29.9 Å². The van der Waals surface area contributed by atoms with Crippen LogP contribution in [0, 0.1) is 13.8 Å². The van der Waals surface area contributed by atoms with E-state index in [1.807, 2.05) is 0 Å². The molecule has 1 aromatic heterocycles. The molecule has 0 fully saturated rings. The lowest BCUT2D eigenvalue weighted by Crippen LogP contribution is -2.21. The highest BCUT2D eigenvalue weighted by molar-refractivity contribution is 5.28. The van der Waals surface area contributed by atoms with Gasteiger partial charge in [0.05, 0.1) is 5.69 Å². The highest BCUT2D eigenvalue weighted by atomic mass is 15.3. The van der Waals surface area contributed by atoms with Crippen LogP contribution in [-0.4, -0.2) is 22.9 Å². The molecule has 0 aliphatic rings. The number of aromatic nitrogens is 2. The molecule has 1 aromatic rings. The fourth-order valence-electron chi connectivity index (χ4n) is 2.33. The number of nitrogens with zero attached hydrogens (tertiary/aromatic N) is 2. The molecule has 1 heterocycles. The lowest BCUT2D eigenvalue weighted by molar-refractivity contribution is 0.601. The van der Waals surface area contributed by atoms with Crippen LogP contribution >= 0.6 is 0 Å². The van der Waals surface area contributed by atoms with Gasteiger partial charge in [-0.05, 0) is 45.2 Å². The molecule has 0 aromatic carbocycles. The van der Waals surface area contributed by atoms with Crippen molar-refractivity contribution >= 4 is 0 Å². The van der Waals surface area contributed by atoms with Gasteiger partial charge in [-0.1, -0.05) is 13.8 Å². The lowest BCUT2D eigenvalue weighted by Gasteiger charge is -2.13. The van der Waals surface area contributed by atoms with Crippen molar-refractivity contribution in [1.82, 2.24) is 15.1 Å². The molecular formula is C13H25N3. The molecule has 1 N–H and O–H groups in total. The Bertz CT molecular complexity index is 328. The van der Waals surface area contributed by atoms with Crippen molar-refractivity contribution < 1.29 is 0 Å². The predicted octanol–water partition coefficient (Wildman–Crippen LogP) is 2.62. The van der Waals surface area contributed by atoms with Crippen molar-refractivity contribution in [2.75, 3.05) is 13.1 Å². The molecule has 1 unspecified atom stereocenters. The van der Waals surface area contributed by atoms with Crippen molar-refractivity contribution in [3.63, 3.8) is 0 Å². The number of rotatable bonds is 6. The first kappa shape index (κ1) is 13.2. The molecule has 0 aliphatic heterocycles. The second-order valence-corrected chi connectivity index (χ2v) is 4.51. The highest BCUT2D eigenvalue weighted by Crippen LogP contribution is 2.22. The van der Waals surface area contributed by atoms with E-state index in [1.54, 1.807) is 0 Å². The average molecular weight is 223 g/mol. The SMILES string of the molecule is CCCNCC(C)c1c(C)nn(CC)c1C. The van der Waals surface area contributed by atoms with Crippen molar-refractivity contribution in [1.29, 1.82) is 0 Å². The van der Waals surface area contributed by atoms with Crippen LogP contribution < -0.4 is 5.32 Å². The predicted molar refractivity (Wildman–Crippen MR) is 69.0 cm³/mol. The van der Waals surface area contributed by atoms with Crippen LogP contribution in [0.1, 0.15) is 50.1 Å². The zero-order valence-electron chi connectivity index (χ0n) is 11.3. The van der Waals surface area contributed by atoms with Gasteiger partial charge in [0.25, 0.3) is 0 Å². The Morgan fingerprint density at radius 1 is 1.31 bits per heavy atom. The van der Waals surface area contributed by atoms with E-state index in [1.165, 1.54) is 23.4 Å². The maximum atomic E-state index is 4.57. The summed E-state index contributed by atoms with van der Waals surface area (Å²) in [7, 11) is 0. The Hall–Kier alpha value is -0.830. The van der Waals surface area contributed by atoms with Gasteiger partial charge in [-0.15, -0.1) is 0 Å². The Labute approximate surface area is 99.2 Å². The maximum Gasteiger partial charge on any atom is 0.0631 e. The summed E-state index contributed by atoms with van der Waals surface area (Å²) in [6.45, 7) is 14.0. The smallest absolute Gasteiger partial charge is 0.0631 e. The normalized spacial score (nSPS) is 13.1. The van der Waals surface area contributed by atoms with E-state index < -0.39 is 0 Å². The average Bonchev–Trinajstić information content (AvgIpc) is 2.54. The van der Waals surface area contributed by atoms with Crippen LogP contribution in [0.5, 0.6) is 0 Å². The van der Waals surface area contributed by atoms with Crippen LogP contribution in [0.4, 0.5) is 0 Å². The van der Waals surface area contributed by atoms with Crippen LogP contribution in [0.2, 0.25) is 0 Å². The van der Waals surface area contributed by atoms with E-state index in [2.05, 4.69) is 49.7 Å². The lowest BCUT2D eigenvalue weighted by atomic mass is 9.99. The summed E-state index contributed by atoms with van der Waals surface area (Å²) in [4.78, 5) is 0. The minimum Gasteiger partial charge on any atom is -0.316 e. The Balaban J connectivity index is 2.74. The van der Waals surface area contributed by atoms with Crippen molar-refractivity contribution in [3.8, 4) is 0 Å².